The lowest BCUT2D eigenvalue weighted by atomic mass is 9.89. The molecule has 0 aromatic heterocycles. The molecule has 1 aromatic carbocycles. The quantitative estimate of drug-likeness (QED) is 0.882. The molecule has 0 aliphatic heterocycles. The van der Waals surface area contributed by atoms with Crippen LogP contribution >= 0.6 is 15.9 Å². The van der Waals surface area contributed by atoms with Gasteiger partial charge in [0.25, 0.3) is 0 Å². The highest BCUT2D eigenvalue weighted by Gasteiger charge is 2.33. The van der Waals surface area contributed by atoms with Gasteiger partial charge in [0.1, 0.15) is 5.82 Å². The van der Waals surface area contributed by atoms with E-state index in [1.807, 2.05) is 6.07 Å². The van der Waals surface area contributed by atoms with Gasteiger partial charge < -0.3 is 5.73 Å². The first-order chi connectivity index (χ1) is 7.47. The smallest absolute Gasteiger partial charge is 0.124 e. The van der Waals surface area contributed by atoms with Crippen molar-refractivity contribution in [1.82, 2.24) is 0 Å². The van der Waals surface area contributed by atoms with Crippen molar-refractivity contribution in [3.8, 4) is 0 Å². The number of hydrogen-bond acceptors (Lipinski definition) is 1. The van der Waals surface area contributed by atoms with Crippen molar-refractivity contribution in [2.24, 2.45) is 11.7 Å². The van der Waals surface area contributed by atoms with Gasteiger partial charge in [0, 0.05) is 10.0 Å². The maximum atomic E-state index is 13.2. The molecule has 0 saturated heterocycles. The van der Waals surface area contributed by atoms with Crippen LogP contribution < -0.4 is 5.73 Å². The minimum Gasteiger partial charge on any atom is -0.325 e. The van der Waals surface area contributed by atoms with Crippen LogP contribution in [0.4, 0.5) is 4.39 Å². The van der Waals surface area contributed by atoms with Gasteiger partial charge in [-0.25, -0.2) is 4.39 Å². The summed E-state index contributed by atoms with van der Waals surface area (Å²) in [6, 6.07) is 5.02. The van der Waals surface area contributed by atoms with E-state index in [2.05, 4.69) is 22.9 Å². The molecule has 0 bridgehead atoms. The molecule has 2 N–H and O–H groups in total. The van der Waals surface area contributed by atoms with Crippen molar-refractivity contribution in [2.75, 3.05) is 0 Å². The molecule has 0 spiro atoms. The van der Waals surface area contributed by atoms with Gasteiger partial charge >= 0.3 is 0 Å². The number of halogens is 2. The molecule has 1 aliphatic rings. The molecule has 1 saturated carbocycles. The third-order valence-corrected chi connectivity index (χ3v) is 3.83. The molecule has 0 heterocycles. The average molecular weight is 286 g/mol. The molecule has 3 heteroatoms. The normalized spacial score (nSPS) is 29.6. The second-order valence-corrected chi connectivity index (χ2v) is 6.08. The topological polar surface area (TPSA) is 26.0 Å². The van der Waals surface area contributed by atoms with E-state index >= 15 is 0 Å². The summed E-state index contributed by atoms with van der Waals surface area (Å²) in [6.45, 7) is 2.23. The lowest BCUT2D eigenvalue weighted by Crippen LogP contribution is -2.39. The van der Waals surface area contributed by atoms with Crippen molar-refractivity contribution in [1.29, 1.82) is 0 Å². The summed E-state index contributed by atoms with van der Waals surface area (Å²) in [5.74, 6) is 0.501. The Kier molecular flexibility index (Phi) is 3.36. The molecule has 1 aliphatic carbocycles. The van der Waals surface area contributed by atoms with Crippen molar-refractivity contribution < 1.29 is 4.39 Å². The minimum atomic E-state index is -0.195. The van der Waals surface area contributed by atoms with Crippen LogP contribution in [-0.2, 0) is 6.42 Å². The van der Waals surface area contributed by atoms with Gasteiger partial charge in [0.05, 0.1) is 0 Å². The van der Waals surface area contributed by atoms with Crippen LogP contribution in [0.15, 0.2) is 22.7 Å². The molecule has 1 nitrogen and oxygen atoms in total. The van der Waals surface area contributed by atoms with E-state index in [4.69, 9.17) is 5.73 Å². The summed E-state index contributed by atoms with van der Waals surface area (Å²) in [7, 11) is 0. The number of rotatable bonds is 2. The summed E-state index contributed by atoms with van der Waals surface area (Å²) < 4.78 is 14.0. The zero-order valence-corrected chi connectivity index (χ0v) is 11.1. The molecule has 88 valence electrons. The third kappa shape index (κ3) is 2.83. The number of benzene rings is 1. The molecule has 1 aromatic rings. The van der Waals surface area contributed by atoms with Crippen LogP contribution in [0.5, 0.6) is 0 Å². The summed E-state index contributed by atoms with van der Waals surface area (Å²) in [4.78, 5) is 0. The lowest BCUT2D eigenvalue weighted by Gasteiger charge is -2.24. The SMILES string of the molecule is CC1CCC(N)(Cc2cc(F)cc(Br)c2)C1. The van der Waals surface area contributed by atoms with E-state index in [0.29, 0.717) is 5.92 Å². The Morgan fingerprint density at radius 3 is 2.81 bits per heavy atom. The van der Waals surface area contributed by atoms with E-state index in [1.165, 1.54) is 12.5 Å². The van der Waals surface area contributed by atoms with Crippen molar-refractivity contribution >= 4 is 15.9 Å². The molecule has 16 heavy (non-hydrogen) atoms. The second kappa shape index (κ2) is 4.46. The Morgan fingerprint density at radius 2 is 2.25 bits per heavy atom. The Morgan fingerprint density at radius 1 is 1.50 bits per heavy atom. The first kappa shape index (κ1) is 12.1. The Balaban J connectivity index is 2.14. The van der Waals surface area contributed by atoms with Crippen molar-refractivity contribution in [2.45, 2.75) is 38.1 Å². The highest BCUT2D eigenvalue weighted by atomic mass is 79.9. The fourth-order valence-corrected chi connectivity index (χ4v) is 3.22. The molecule has 1 fully saturated rings. The fourth-order valence-electron chi connectivity index (χ4n) is 2.71. The summed E-state index contributed by atoms with van der Waals surface area (Å²) in [5, 5.41) is 0. The van der Waals surface area contributed by atoms with E-state index in [9.17, 15) is 4.39 Å². The fraction of sp³-hybridized carbons (Fsp3) is 0.538. The van der Waals surface area contributed by atoms with Gasteiger partial charge in [0.2, 0.25) is 0 Å². The summed E-state index contributed by atoms with van der Waals surface area (Å²) in [6.07, 6.45) is 4.05. The van der Waals surface area contributed by atoms with Gasteiger partial charge in [-0.2, -0.15) is 0 Å². The van der Waals surface area contributed by atoms with Crippen LogP contribution in [0.1, 0.15) is 31.7 Å². The predicted octanol–water partition coefficient (Wildman–Crippen LogP) is 3.65. The zero-order valence-electron chi connectivity index (χ0n) is 9.47. The van der Waals surface area contributed by atoms with Crippen LogP contribution in [0.3, 0.4) is 0 Å². The van der Waals surface area contributed by atoms with Crippen LogP contribution in [0.2, 0.25) is 0 Å². The van der Waals surface area contributed by atoms with E-state index in [1.54, 1.807) is 6.07 Å². The minimum absolute atomic E-state index is 0.132. The van der Waals surface area contributed by atoms with E-state index in [-0.39, 0.29) is 11.4 Å². The van der Waals surface area contributed by atoms with Crippen LogP contribution in [-0.4, -0.2) is 5.54 Å². The Labute approximate surface area is 104 Å². The van der Waals surface area contributed by atoms with Gasteiger partial charge in [-0.05, 0) is 55.4 Å². The van der Waals surface area contributed by atoms with Crippen LogP contribution in [0.25, 0.3) is 0 Å². The highest BCUT2D eigenvalue weighted by Crippen LogP contribution is 2.35. The molecule has 0 radical (unpaired) electrons. The largest absolute Gasteiger partial charge is 0.325 e. The Bertz CT molecular complexity index is 373. The van der Waals surface area contributed by atoms with Crippen molar-refractivity contribution in [3.05, 3.63) is 34.1 Å². The highest BCUT2D eigenvalue weighted by molar-refractivity contribution is 9.10. The predicted molar refractivity (Wildman–Crippen MR) is 67.7 cm³/mol. The third-order valence-electron chi connectivity index (χ3n) is 3.37. The number of hydrogen-bond donors (Lipinski definition) is 1. The molecule has 0 amide bonds. The first-order valence-electron chi connectivity index (χ1n) is 5.71. The Hall–Kier alpha value is -0.410. The summed E-state index contributed by atoms with van der Waals surface area (Å²) in [5.41, 5.74) is 7.20. The van der Waals surface area contributed by atoms with Crippen molar-refractivity contribution in [3.63, 3.8) is 0 Å². The summed E-state index contributed by atoms with van der Waals surface area (Å²) >= 11 is 3.31. The maximum Gasteiger partial charge on any atom is 0.124 e. The lowest BCUT2D eigenvalue weighted by molar-refractivity contribution is 0.418. The second-order valence-electron chi connectivity index (χ2n) is 5.16. The van der Waals surface area contributed by atoms with Gasteiger partial charge in [-0.1, -0.05) is 22.9 Å². The van der Waals surface area contributed by atoms with Crippen LogP contribution in [0, 0.1) is 11.7 Å². The molecular formula is C13H17BrFN. The molecule has 2 unspecified atom stereocenters. The molecule has 2 atom stereocenters. The van der Waals surface area contributed by atoms with Gasteiger partial charge in [-0.15, -0.1) is 0 Å². The first-order valence-corrected chi connectivity index (χ1v) is 6.50. The van der Waals surface area contributed by atoms with E-state index in [0.717, 1.165) is 29.3 Å². The standard InChI is InChI=1S/C13H17BrFN/c1-9-2-3-13(16,7-9)8-10-4-11(14)6-12(15)5-10/h4-6,9H,2-3,7-8,16H2,1H3. The zero-order chi connectivity index (χ0) is 11.8. The maximum absolute atomic E-state index is 13.2. The average Bonchev–Trinajstić information content (AvgIpc) is 2.43. The van der Waals surface area contributed by atoms with E-state index < -0.39 is 0 Å². The van der Waals surface area contributed by atoms with Gasteiger partial charge in [0.15, 0.2) is 0 Å². The molecular weight excluding hydrogens is 269 g/mol. The monoisotopic (exact) mass is 285 g/mol. The number of nitrogens with two attached hydrogens (primary N) is 1. The van der Waals surface area contributed by atoms with Gasteiger partial charge in [-0.3, -0.25) is 0 Å². The molecule has 2 rings (SSSR count).